The van der Waals surface area contributed by atoms with Crippen molar-refractivity contribution >= 4 is 17.3 Å². The monoisotopic (exact) mass is 418 g/mol. The molecule has 0 aliphatic rings. The predicted octanol–water partition coefficient (Wildman–Crippen LogP) is 2.97. The number of alkyl halides is 3. The molecule has 10 heteroatoms. The van der Waals surface area contributed by atoms with Gasteiger partial charge in [-0.2, -0.15) is 13.2 Å². The number of carbonyl (C=O) groups excluding carboxylic acids is 1. The number of halogens is 3. The highest BCUT2D eigenvalue weighted by atomic mass is 32.1. The van der Waals surface area contributed by atoms with Gasteiger partial charge in [0.05, 0.1) is 7.11 Å². The molecule has 0 saturated heterocycles. The van der Waals surface area contributed by atoms with E-state index < -0.39 is 23.9 Å². The topological polar surface area (TPSA) is 80.7 Å². The lowest BCUT2D eigenvalue weighted by Gasteiger charge is -2.16. The van der Waals surface area contributed by atoms with Crippen LogP contribution in [0.1, 0.15) is 29.3 Å². The number of rotatable bonds is 9. The molecular formula is C18H21F3N2O4S. The fourth-order valence-corrected chi connectivity index (χ4v) is 3.13. The Balaban J connectivity index is 1.79. The minimum atomic E-state index is -4.51. The van der Waals surface area contributed by atoms with Crippen molar-refractivity contribution in [2.75, 3.05) is 20.3 Å². The van der Waals surface area contributed by atoms with E-state index in [1.54, 1.807) is 12.1 Å². The summed E-state index contributed by atoms with van der Waals surface area (Å²) in [5.41, 5.74) is 0.00243. The maximum atomic E-state index is 12.6. The van der Waals surface area contributed by atoms with Gasteiger partial charge >= 0.3 is 12.1 Å². The van der Waals surface area contributed by atoms with Gasteiger partial charge in [-0.3, -0.25) is 0 Å². The lowest BCUT2D eigenvalue weighted by molar-refractivity contribution is -0.143. The Labute approximate surface area is 164 Å². The third-order valence-electron chi connectivity index (χ3n) is 3.81. The van der Waals surface area contributed by atoms with Crippen LogP contribution in [-0.2, 0) is 22.1 Å². The van der Waals surface area contributed by atoms with Crippen molar-refractivity contribution in [1.82, 2.24) is 10.3 Å². The second-order valence-electron chi connectivity index (χ2n) is 6.11. The van der Waals surface area contributed by atoms with Crippen LogP contribution in [0.15, 0.2) is 29.6 Å². The number of nitrogens with zero attached hydrogens (tertiary/aromatic N) is 1. The summed E-state index contributed by atoms with van der Waals surface area (Å²) in [4.78, 5) is 14.5. The molecule has 1 aromatic heterocycles. The largest absolute Gasteiger partial charge is 0.482 e. The number of hydrogen-bond donors (Lipinski definition) is 2. The number of aromatic nitrogens is 1. The van der Waals surface area contributed by atoms with Crippen LogP contribution in [0.25, 0.3) is 0 Å². The molecule has 0 bridgehead atoms. The minimum Gasteiger partial charge on any atom is -0.482 e. The number of hydrogen-bond acceptors (Lipinski definition) is 7. The quantitative estimate of drug-likeness (QED) is 0.610. The summed E-state index contributed by atoms with van der Waals surface area (Å²) >= 11 is 0.782. The highest BCUT2D eigenvalue weighted by molar-refractivity contribution is 7.09. The molecule has 1 aromatic carbocycles. The zero-order valence-corrected chi connectivity index (χ0v) is 16.1. The molecule has 0 aliphatic carbocycles. The molecule has 0 spiro atoms. The van der Waals surface area contributed by atoms with Gasteiger partial charge in [0.2, 0.25) is 0 Å². The summed E-state index contributed by atoms with van der Waals surface area (Å²) < 4.78 is 47.5. The van der Waals surface area contributed by atoms with Crippen LogP contribution in [0.4, 0.5) is 13.2 Å². The second-order valence-corrected chi connectivity index (χ2v) is 7.00. The molecule has 154 valence electrons. The Kier molecular flexibility index (Phi) is 7.78. The van der Waals surface area contributed by atoms with E-state index >= 15 is 0 Å². The smallest absolute Gasteiger partial charge is 0.434 e. The number of methoxy groups -OCH3 is 1. The number of benzene rings is 1. The van der Waals surface area contributed by atoms with Crippen LogP contribution in [0, 0.1) is 0 Å². The fourth-order valence-electron chi connectivity index (χ4n) is 2.32. The first-order valence-electron chi connectivity index (χ1n) is 8.41. The first-order valence-corrected chi connectivity index (χ1v) is 9.29. The van der Waals surface area contributed by atoms with E-state index in [0.29, 0.717) is 12.2 Å². The average Bonchev–Trinajstić information content (AvgIpc) is 3.16. The first-order chi connectivity index (χ1) is 13.2. The Morgan fingerprint density at radius 2 is 2.00 bits per heavy atom. The number of carbonyl (C=O) groups is 1. The lowest BCUT2D eigenvalue weighted by Crippen LogP contribution is -2.32. The van der Waals surface area contributed by atoms with E-state index in [2.05, 4.69) is 15.0 Å². The standard InChI is InChI=1S/C18H21F3N2O4S/c1-11(7-12-3-5-13(6-4-12)27-9-16(25)26-2)22-8-14(24)17-23-15(10-28-17)18(19,20)21/h3-6,10-11,14,22,24H,7-9H2,1-2H3. The molecule has 0 saturated carbocycles. The molecule has 0 radical (unpaired) electrons. The normalized spacial score (nSPS) is 13.8. The highest BCUT2D eigenvalue weighted by Crippen LogP contribution is 2.31. The second kappa shape index (κ2) is 9.85. The summed E-state index contributed by atoms with van der Waals surface area (Å²) in [6.45, 7) is 1.82. The van der Waals surface area contributed by atoms with Gasteiger partial charge in [0, 0.05) is 18.0 Å². The summed E-state index contributed by atoms with van der Waals surface area (Å²) in [6, 6.07) is 7.12. The van der Waals surface area contributed by atoms with Crippen LogP contribution in [0.5, 0.6) is 5.75 Å². The van der Waals surface area contributed by atoms with Crippen molar-refractivity contribution in [3.05, 3.63) is 45.9 Å². The van der Waals surface area contributed by atoms with Crippen molar-refractivity contribution in [1.29, 1.82) is 0 Å². The summed E-state index contributed by atoms with van der Waals surface area (Å²) in [5.74, 6) is 0.0671. The van der Waals surface area contributed by atoms with E-state index in [1.165, 1.54) is 7.11 Å². The van der Waals surface area contributed by atoms with Crippen LogP contribution >= 0.6 is 11.3 Å². The third-order valence-corrected chi connectivity index (χ3v) is 4.75. The molecule has 0 amide bonds. The minimum absolute atomic E-state index is 0.0270. The molecule has 1 heterocycles. The maximum Gasteiger partial charge on any atom is 0.434 e. The summed E-state index contributed by atoms with van der Waals surface area (Å²) in [7, 11) is 1.28. The fraction of sp³-hybridized carbons (Fsp3) is 0.444. The Hall–Kier alpha value is -2.17. The number of aliphatic hydroxyl groups is 1. The van der Waals surface area contributed by atoms with Gasteiger partial charge in [0.1, 0.15) is 16.9 Å². The number of nitrogens with one attached hydrogen (secondary N) is 1. The SMILES string of the molecule is COC(=O)COc1ccc(CC(C)NCC(O)c2nc(C(F)(F)F)cs2)cc1. The highest BCUT2D eigenvalue weighted by Gasteiger charge is 2.34. The van der Waals surface area contributed by atoms with Gasteiger partial charge in [-0.15, -0.1) is 11.3 Å². The molecule has 2 aromatic rings. The molecule has 28 heavy (non-hydrogen) atoms. The molecule has 6 nitrogen and oxygen atoms in total. The van der Waals surface area contributed by atoms with Crippen molar-refractivity contribution in [2.45, 2.75) is 31.7 Å². The van der Waals surface area contributed by atoms with Gasteiger partial charge in [0.15, 0.2) is 12.3 Å². The zero-order chi connectivity index (χ0) is 20.7. The molecule has 2 unspecified atom stereocenters. The first kappa shape index (κ1) is 22.1. The maximum absolute atomic E-state index is 12.6. The zero-order valence-electron chi connectivity index (χ0n) is 15.3. The van der Waals surface area contributed by atoms with Crippen molar-refractivity contribution in [3.63, 3.8) is 0 Å². The van der Waals surface area contributed by atoms with Crippen LogP contribution in [0.2, 0.25) is 0 Å². The van der Waals surface area contributed by atoms with Gasteiger partial charge in [-0.1, -0.05) is 12.1 Å². The van der Waals surface area contributed by atoms with Gasteiger partial charge in [-0.25, -0.2) is 9.78 Å². The van der Waals surface area contributed by atoms with Gasteiger partial charge in [-0.05, 0) is 31.0 Å². The van der Waals surface area contributed by atoms with Crippen molar-refractivity contribution in [2.24, 2.45) is 0 Å². The summed E-state index contributed by atoms with van der Waals surface area (Å²) in [5, 5.41) is 14.0. The Morgan fingerprint density at radius 1 is 1.32 bits per heavy atom. The molecule has 0 fully saturated rings. The number of aliphatic hydroxyl groups excluding tert-OH is 1. The number of ether oxygens (including phenoxy) is 2. The van der Waals surface area contributed by atoms with Crippen LogP contribution < -0.4 is 10.1 Å². The van der Waals surface area contributed by atoms with E-state index in [4.69, 9.17) is 4.74 Å². The molecule has 0 aliphatic heterocycles. The predicted molar refractivity (Wildman–Crippen MR) is 97.2 cm³/mol. The Morgan fingerprint density at radius 3 is 2.57 bits per heavy atom. The molecule has 2 rings (SSSR count). The van der Waals surface area contributed by atoms with E-state index in [9.17, 15) is 23.1 Å². The van der Waals surface area contributed by atoms with E-state index in [0.717, 1.165) is 22.3 Å². The molecular weight excluding hydrogens is 397 g/mol. The number of thiazole rings is 1. The summed E-state index contributed by atoms with van der Waals surface area (Å²) in [6.07, 6.45) is -4.99. The van der Waals surface area contributed by atoms with Crippen LogP contribution in [-0.4, -0.2) is 42.4 Å². The molecule has 2 atom stereocenters. The van der Waals surface area contributed by atoms with Crippen LogP contribution in [0.3, 0.4) is 0 Å². The third kappa shape index (κ3) is 6.77. The average molecular weight is 418 g/mol. The van der Waals surface area contributed by atoms with Crippen molar-refractivity contribution in [3.8, 4) is 5.75 Å². The number of esters is 1. The Bertz CT molecular complexity index is 765. The van der Waals surface area contributed by atoms with E-state index in [-0.39, 0.29) is 24.2 Å². The van der Waals surface area contributed by atoms with E-state index in [1.807, 2.05) is 19.1 Å². The lowest BCUT2D eigenvalue weighted by atomic mass is 10.1. The van der Waals surface area contributed by atoms with Crippen molar-refractivity contribution < 1.29 is 32.5 Å². The molecule has 2 N–H and O–H groups in total. The van der Waals surface area contributed by atoms with Gasteiger partial charge in [0.25, 0.3) is 0 Å². The van der Waals surface area contributed by atoms with Gasteiger partial charge < -0.3 is 19.9 Å².